The van der Waals surface area contributed by atoms with Crippen molar-refractivity contribution in [3.8, 4) is 39.9 Å². The van der Waals surface area contributed by atoms with Gasteiger partial charge >= 0.3 is 0 Å². The van der Waals surface area contributed by atoms with E-state index in [1.54, 1.807) is 42.5 Å². The Labute approximate surface area is 207 Å². The third kappa shape index (κ3) is 4.38. The summed E-state index contributed by atoms with van der Waals surface area (Å²) in [7, 11) is 7.40. The normalized spacial score (nSPS) is 10.6. The number of anilines is 1. The van der Waals surface area contributed by atoms with Crippen molar-refractivity contribution >= 4 is 22.8 Å². The van der Waals surface area contributed by atoms with E-state index in [1.807, 2.05) is 0 Å². The fraction of sp³-hybridized carbons (Fsp3) is 0.185. The van der Waals surface area contributed by atoms with E-state index < -0.39 is 5.91 Å². The van der Waals surface area contributed by atoms with Crippen LogP contribution in [0.3, 0.4) is 0 Å². The van der Waals surface area contributed by atoms with Crippen LogP contribution in [-0.4, -0.2) is 41.5 Å². The zero-order valence-corrected chi connectivity index (χ0v) is 20.5. The first-order valence-electron chi connectivity index (χ1n) is 10.8. The molecule has 1 N–H and O–H groups in total. The largest absolute Gasteiger partial charge is 0.493 e. The molecule has 0 aliphatic carbocycles. The molecule has 0 unspecified atom stereocenters. The number of para-hydroxylation sites is 1. The molecule has 36 heavy (non-hydrogen) atoms. The maximum atomic E-state index is 13.6. The van der Waals surface area contributed by atoms with Crippen molar-refractivity contribution in [3.63, 3.8) is 0 Å². The molecule has 0 radical (unpaired) electrons. The van der Waals surface area contributed by atoms with Crippen LogP contribution >= 0.6 is 0 Å². The van der Waals surface area contributed by atoms with Crippen LogP contribution < -0.4 is 34.4 Å². The van der Waals surface area contributed by atoms with Gasteiger partial charge in [-0.25, -0.2) is 0 Å². The second kappa shape index (κ2) is 10.3. The Hall–Kier alpha value is -4.66. The van der Waals surface area contributed by atoms with Crippen molar-refractivity contribution in [3.05, 3.63) is 70.4 Å². The van der Waals surface area contributed by atoms with E-state index in [0.717, 1.165) is 0 Å². The standard InChI is InChI=1S/C27H25NO8/c1-31-19-11-10-15(12-20(19)32-2)23-24(29)17-8-6-7-9-18(17)36-27(23)28-26(30)16-13-21(33-3)25(35-5)22(14-16)34-4/h6-14H,1-5H3,(H,28,30). The molecule has 0 saturated heterocycles. The van der Waals surface area contributed by atoms with Crippen LogP contribution in [0, 0.1) is 0 Å². The van der Waals surface area contributed by atoms with Crippen LogP contribution in [0.2, 0.25) is 0 Å². The number of nitrogens with one attached hydrogen (secondary N) is 1. The summed E-state index contributed by atoms with van der Waals surface area (Å²) in [4.78, 5) is 26.9. The lowest BCUT2D eigenvalue weighted by Gasteiger charge is -2.15. The summed E-state index contributed by atoms with van der Waals surface area (Å²) in [6, 6.07) is 14.8. The molecule has 0 spiro atoms. The summed E-state index contributed by atoms with van der Waals surface area (Å²) >= 11 is 0. The van der Waals surface area contributed by atoms with E-state index in [0.29, 0.717) is 45.3 Å². The molecule has 186 valence electrons. The van der Waals surface area contributed by atoms with Crippen molar-refractivity contribution in [2.24, 2.45) is 0 Å². The first-order valence-corrected chi connectivity index (χ1v) is 10.8. The van der Waals surface area contributed by atoms with E-state index >= 15 is 0 Å². The highest BCUT2D eigenvalue weighted by molar-refractivity contribution is 6.06. The second-order valence-electron chi connectivity index (χ2n) is 7.57. The van der Waals surface area contributed by atoms with E-state index in [-0.39, 0.29) is 22.4 Å². The number of ether oxygens (including phenoxy) is 5. The van der Waals surface area contributed by atoms with Gasteiger partial charge in [-0.3, -0.25) is 14.9 Å². The number of methoxy groups -OCH3 is 5. The Morgan fingerprint density at radius 3 is 2.00 bits per heavy atom. The minimum atomic E-state index is -0.547. The van der Waals surface area contributed by atoms with Crippen LogP contribution in [-0.2, 0) is 0 Å². The monoisotopic (exact) mass is 491 g/mol. The Morgan fingerprint density at radius 1 is 0.750 bits per heavy atom. The highest BCUT2D eigenvalue weighted by Gasteiger charge is 2.22. The van der Waals surface area contributed by atoms with E-state index in [9.17, 15) is 9.59 Å². The summed E-state index contributed by atoms with van der Waals surface area (Å²) in [5.41, 5.74) is 0.859. The molecule has 0 aliphatic rings. The number of carbonyl (C=O) groups is 1. The quantitative estimate of drug-likeness (QED) is 0.376. The molecule has 9 nitrogen and oxygen atoms in total. The fourth-order valence-electron chi connectivity index (χ4n) is 3.87. The van der Waals surface area contributed by atoms with E-state index in [2.05, 4.69) is 5.32 Å². The SMILES string of the molecule is COc1ccc(-c2c(NC(=O)c3cc(OC)c(OC)c(OC)c3)oc3ccccc3c2=O)cc1OC. The van der Waals surface area contributed by atoms with Gasteiger partial charge in [-0.05, 0) is 42.0 Å². The molecule has 0 bridgehead atoms. The molecule has 1 aromatic heterocycles. The number of rotatable bonds is 8. The molecule has 1 amide bonds. The zero-order chi connectivity index (χ0) is 25.8. The summed E-state index contributed by atoms with van der Waals surface area (Å²) in [5.74, 6) is 1.31. The first-order chi connectivity index (χ1) is 17.4. The highest BCUT2D eigenvalue weighted by atomic mass is 16.5. The number of benzene rings is 3. The molecule has 0 atom stereocenters. The zero-order valence-electron chi connectivity index (χ0n) is 20.5. The molecule has 3 aromatic carbocycles. The molecule has 0 fully saturated rings. The maximum absolute atomic E-state index is 13.6. The lowest BCUT2D eigenvalue weighted by Crippen LogP contribution is -2.17. The molecule has 0 aliphatic heterocycles. The fourth-order valence-corrected chi connectivity index (χ4v) is 3.87. The molecule has 4 rings (SSSR count). The summed E-state index contributed by atoms with van der Waals surface area (Å²) in [5, 5.41) is 3.10. The summed E-state index contributed by atoms with van der Waals surface area (Å²) < 4.78 is 32.8. The number of carbonyl (C=O) groups excluding carboxylic acids is 1. The highest BCUT2D eigenvalue weighted by Crippen LogP contribution is 2.39. The van der Waals surface area contributed by atoms with Crippen LogP contribution in [0.25, 0.3) is 22.1 Å². The summed E-state index contributed by atoms with van der Waals surface area (Å²) in [6.45, 7) is 0. The van der Waals surface area contributed by atoms with Crippen LogP contribution in [0.5, 0.6) is 28.7 Å². The Bertz CT molecular complexity index is 1470. The minimum Gasteiger partial charge on any atom is -0.493 e. The molecular weight excluding hydrogens is 466 g/mol. The topological polar surface area (TPSA) is 105 Å². The van der Waals surface area contributed by atoms with Gasteiger partial charge in [0, 0.05) is 5.56 Å². The van der Waals surface area contributed by atoms with Crippen molar-refractivity contribution in [2.45, 2.75) is 0 Å². The molecule has 9 heteroatoms. The summed E-state index contributed by atoms with van der Waals surface area (Å²) in [6.07, 6.45) is 0. The smallest absolute Gasteiger partial charge is 0.258 e. The second-order valence-corrected chi connectivity index (χ2v) is 7.57. The van der Waals surface area contributed by atoms with E-state index in [1.165, 1.54) is 47.7 Å². The van der Waals surface area contributed by atoms with Crippen molar-refractivity contribution < 1.29 is 32.9 Å². The molecule has 4 aromatic rings. The first kappa shape index (κ1) is 24.5. The van der Waals surface area contributed by atoms with Gasteiger partial charge in [0.15, 0.2) is 23.0 Å². The minimum absolute atomic E-state index is 0.0235. The average Bonchev–Trinajstić information content (AvgIpc) is 2.91. The molecular formula is C27H25NO8. The third-order valence-corrected chi connectivity index (χ3v) is 5.62. The van der Waals surface area contributed by atoms with Crippen LogP contribution in [0.4, 0.5) is 5.88 Å². The van der Waals surface area contributed by atoms with Gasteiger partial charge in [0.25, 0.3) is 5.91 Å². The number of hydrogen-bond donors (Lipinski definition) is 1. The predicted octanol–water partition coefficient (Wildman–Crippen LogP) is 4.76. The average molecular weight is 491 g/mol. The van der Waals surface area contributed by atoms with E-state index in [4.69, 9.17) is 28.1 Å². The van der Waals surface area contributed by atoms with Crippen molar-refractivity contribution in [2.75, 3.05) is 40.9 Å². The van der Waals surface area contributed by atoms with Crippen LogP contribution in [0.1, 0.15) is 10.4 Å². The lowest BCUT2D eigenvalue weighted by atomic mass is 10.0. The van der Waals surface area contributed by atoms with Crippen molar-refractivity contribution in [1.29, 1.82) is 0 Å². The Morgan fingerprint density at radius 2 is 1.39 bits per heavy atom. The Kier molecular flexibility index (Phi) is 7.00. The number of fused-ring (bicyclic) bond motifs is 1. The maximum Gasteiger partial charge on any atom is 0.258 e. The predicted molar refractivity (Wildman–Crippen MR) is 135 cm³/mol. The van der Waals surface area contributed by atoms with Gasteiger partial charge in [-0.15, -0.1) is 0 Å². The lowest BCUT2D eigenvalue weighted by molar-refractivity contribution is 0.102. The van der Waals surface area contributed by atoms with Gasteiger partial charge in [-0.2, -0.15) is 0 Å². The van der Waals surface area contributed by atoms with Gasteiger partial charge < -0.3 is 28.1 Å². The molecule has 0 saturated carbocycles. The van der Waals surface area contributed by atoms with Gasteiger partial charge in [0.2, 0.25) is 17.1 Å². The number of amides is 1. The van der Waals surface area contributed by atoms with Gasteiger partial charge in [-0.1, -0.05) is 18.2 Å². The van der Waals surface area contributed by atoms with Gasteiger partial charge in [0.1, 0.15) is 5.58 Å². The van der Waals surface area contributed by atoms with Crippen molar-refractivity contribution in [1.82, 2.24) is 0 Å². The van der Waals surface area contributed by atoms with Crippen LogP contribution in [0.15, 0.2) is 63.8 Å². The Balaban J connectivity index is 1.88. The third-order valence-electron chi connectivity index (χ3n) is 5.62. The molecule has 1 heterocycles. The number of hydrogen-bond acceptors (Lipinski definition) is 8. The van der Waals surface area contributed by atoms with Gasteiger partial charge in [0.05, 0.1) is 46.5 Å².